The Labute approximate surface area is 118 Å². The third-order valence-corrected chi connectivity index (χ3v) is 4.05. The van der Waals surface area contributed by atoms with Crippen LogP contribution in [0.25, 0.3) is 0 Å². The van der Waals surface area contributed by atoms with Crippen molar-refractivity contribution in [2.24, 2.45) is 0 Å². The molecule has 1 heterocycles. The lowest BCUT2D eigenvalue weighted by Gasteiger charge is -2.18. The molecule has 0 amide bonds. The predicted molar refractivity (Wildman–Crippen MR) is 79.3 cm³/mol. The topological polar surface area (TPSA) is 62.2 Å². The van der Waals surface area contributed by atoms with Gasteiger partial charge in [0.05, 0.1) is 0 Å². The lowest BCUT2D eigenvalue weighted by atomic mass is 9.95. The van der Waals surface area contributed by atoms with E-state index in [4.69, 9.17) is 0 Å². The van der Waals surface area contributed by atoms with Crippen molar-refractivity contribution in [1.82, 2.24) is 4.98 Å². The summed E-state index contributed by atoms with van der Waals surface area (Å²) >= 11 is 1.79. The van der Waals surface area contributed by atoms with Gasteiger partial charge in [-0.2, -0.15) is 11.8 Å². The fourth-order valence-electron chi connectivity index (χ4n) is 2.35. The van der Waals surface area contributed by atoms with Crippen molar-refractivity contribution >= 4 is 23.5 Å². The zero-order chi connectivity index (χ0) is 13.7. The molecule has 0 aliphatic heterocycles. The molecule has 2 rings (SSSR count). The molecule has 5 heteroatoms. The number of rotatable bonds is 6. The first-order chi connectivity index (χ1) is 9.22. The van der Waals surface area contributed by atoms with E-state index in [2.05, 4.69) is 16.6 Å². The zero-order valence-electron chi connectivity index (χ0n) is 11.2. The number of fused-ring (bicyclic) bond motifs is 1. The first-order valence-corrected chi connectivity index (χ1v) is 8.10. The molecule has 4 nitrogen and oxygen atoms in total. The van der Waals surface area contributed by atoms with Gasteiger partial charge in [-0.15, -0.1) is 0 Å². The van der Waals surface area contributed by atoms with Crippen molar-refractivity contribution in [2.75, 3.05) is 23.9 Å². The van der Waals surface area contributed by atoms with Gasteiger partial charge in [0.25, 0.3) is 0 Å². The van der Waals surface area contributed by atoms with Crippen molar-refractivity contribution in [3.05, 3.63) is 22.9 Å². The number of aryl methyl sites for hydroxylation is 2. The summed E-state index contributed by atoms with van der Waals surface area (Å²) in [5.74, 6) is 0.711. The van der Waals surface area contributed by atoms with Crippen LogP contribution < -0.4 is 5.32 Å². The highest BCUT2D eigenvalue weighted by Gasteiger charge is 2.18. The smallest absolute Gasteiger partial charge is 0.339 e. The summed E-state index contributed by atoms with van der Waals surface area (Å²) in [6, 6.07) is 1.81. The minimum atomic E-state index is -0.895. The summed E-state index contributed by atoms with van der Waals surface area (Å²) in [5, 5.41) is 12.5. The van der Waals surface area contributed by atoms with E-state index in [0.29, 0.717) is 11.4 Å². The first kappa shape index (κ1) is 14.2. The van der Waals surface area contributed by atoms with Gasteiger partial charge in [-0.1, -0.05) is 0 Å². The van der Waals surface area contributed by atoms with Crippen molar-refractivity contribution in [3.8, 4) is 0 Å². The summed E-state index contributed by atoms with van der Waals surface area (Å²) in [4.78, 5) is 15.8. The molecule has 104 valence electrons. The molecule has 2 N–H and O–H groups in total. The average Bonchev–Trinajstić information content (AvgIpc) is 2.42. The largest absolute Gasteiger partial charge is 0.478 e. The van der Waals surface area contributed by atoms with Crippen LogP contribution in [-0.2, 0) is 12.8 Å². The second-order valence-electron chi connectivity index (χ2n) is 4.78. The number of nitrogens with zero attached hydrogens (tertiary/aromatic N) is 1. The molecule has 0 fully saturated rings. The highest BCUT2D eigenvalue weighted by atomic mass is 32.2. The molecule has 1 aliphatic carbocycles. The van der Waals surface area contributed by atoms with Gasteiger partial charge < -0.3 is 10.4 Å². The number of aromatic carboxylic acids is 1. The van der Waals surface area contributed by atoms with Crippen molar-refractivity contribution in [3.63, 3.8) is 0 Å². The maximum absolute atomic E-state index is 11.3. The van der Waals surface area contributed by atoms with Crippen molar-refractivity contribution in [2.45, 2.75) is 32.1 Å². The maximum atomic E-state index is 11.3. The average molecular weight is 280 g/mol. The molecule has 0 bridgehead atoms. The lowest BCUT2D eigenvalue weighted by Crippen LogP contribution is -2.15. The van der Waals surface area contributed by atoms with Gasteiger partial charge in [-0.05, 0) is 55.7 Å². The Morgan fingerprint density at radius 3 is 3.00 bits per heavy atom. The molecule has 19 heavy (non-hydrogen) atoms. The minimum Gasteiger partial charge on any atom is -0.478 e. The minimum absolute atomic E-state index is 0.310. The number of aromatic nitrogens is 1. The predicted octanol–water partition coefficient (Wildman–Crippen LogP) is 2.82. The molecular weight excluding hydrogens is 260 g/mol. The van der Waals surface area contributed by atoms with Crippen LogP contribution in [0.1, 0.15) is 40.9 Å². The second-order valence-corrected chi connectivity index (χ2v) is 5.76. The highest BCUT2D eigenvalue weighted by Crippen LogP contribution is 2.24. The molecule has 0 radical (unpaired) electrons. The maximum Gasteiger partial charge on any atom is 0.339 e. The Hall–Kier alpha value is -1.23. The van der Waals surface area contributed by atoms with Crippen LogP contribution in [0.15, 0.2) is 6.07 Å². The van der Waals surface area contributed by atoms with Crippen molar-refractivity contribution < 1.29 is 9.90 Å². The SMILES string of the molecule is CSCCCNc1nc2c(cc1C(=O)O)CCCC2. The van der Waals surface area contributed by atoms with Crippen LogP contribution in [-0.4, -0.2) is 34.6 Å². The Morgan fingerprint density at radius 1 is 1.47 bits per heavy atom. The number of pyridine rings is 1. The number of carboxylic acid groups (broad SMARTS) is 1. The quantitative estimate of drug-likeness (QED) is 0.785. The third kappa shape index (κ3) is 3.62. The van der Waals surface area contributed by atoms with Gasteiger partial charge in [0, 0.05) is 12.2 Å². The third-order valence-electron chi connectivity index (χ3n) is 3.35. The summed E-state index contributed by atoms with van der Waals surface area (Å²) in [5.41, 5.74) is 2.49. The zero-order valence-corrected chi connectivity index (χ0v) is 12.1. The van der Waals surface area contributed by atoms with E-state index in [9.17, 15) is 9.90 Å². The normalized spacial score (nSPS) is 13.9. The van der Waals surface area contributed by atoms with Gasteiger partial charge >= 0.3 is 5.97 Å². The van der Waals surface area contributed by atoms with E-state index >= 15 is 0 Å². The number of hydrogen-bond donors (Lipinski definition) is 2. The number of anilines is 1. The molecule has 0 aromatic carbocycles. The van der Waals surface area contributed by atoms with E-state index in [1.807, 2.05) is 0 Å². The van der Waals surface area contributed by atoms with Gasteiger partial charge in [-0.25, -0.2) is 9.78 Å². The van der Waals surface area contributed by atoms with Crippen LogP contribution in [0.2, 0.25) is 0 Å². The van der Waals surface area contributed by atoms with Gasteiger partial charge in [0.2, 0.25) is 0 Å². The van der Waals surface area contributed by atoms with E-state index in [-0.39, 0.29) is 0 Å². The molecule has 1 aliphatic rings. The Balaban J connectivity index is 2.17. The Kier molecular flexibility index (Phi) is 5.07. The first-order valence-electron chi connectivity index (χ1n) is 6.71. The molecule has 1 aromatic rings. The lowest BCUT2D eigenvalue weighted by molar-refractivity contribution is 0.0697. The Bertz CT molecular complexity index is 463. The summed E-state index contributed by atoms with van der Waals surface area (Å²) in [6.45, 7) is 0.771. The Morgan fingerprint density at radius 2 is 2.26 bits per heavy atom. The van der Waals surface area contributed by atoms with Gasteiger partial charge in [-0.3, -0.25) is 0 Å². The van der Waals surface area contributed by atoms with Crippen LogP contribution in [0.4, 0.5) is 5.82 Å². The molecule has 0 spiro atoms. The number of hydrogen-bond acceptors (Lipinski definition) is 4. The molecule has 0 saturated carbocycles. The van der Waals surface area contributed by atoms with Gasteiger partial charge in [0.15, 0.2) is 0 Å². The van der Waals surface area contributed by atoms with E-state index in [0.717, 1.165) is 55.7 Å². The van der Waals surface area contributed by atoms with Crippen LogP contribution in [0.3, 0.4) is 0 Å². The molecular formula is C14H20N2O2S. The molecule has 0 saturated heterocycles. The molecule has 0 unspecified atom stereocenters. The number of carbonyl (C=O) groups is 1. The van der Waals surface area contributed by atoms with E-state index in [1.54, 1.807) is 17.8 Å². The summed E-state index contributed by atoms with van der Waals surface area (Å²) in [6.07, 6.45) is 7.29. The molecule has 0 atom stereocenters. The monoisotopic (exact) mass is 280 g/mol. The van der Waals surface area contributed by atoms with Crippen LogP contribution >= 0.6 is 11.8 Å². The van der Waals surface area contributed by atoms with E-state index < -0.39 is 5.97 Å². The standard InChI is InChI=1S/C14H20N2O2S/c1-19-8-4-7-15-13-11(14(17)18)9-10-5-2-3-6-12(10)16-13/h9H,2-8H2,1H3,(H,15,16)(H,17,18). The highest BCUT2D eigenvalue weighted by molar-refractivity contribution is 7.98. The van der Waals surface area contributed by atoms with E-state index in [1.165, 1.54) is 0 Å². The summed E-state index contributed by atoms with van der Waals surface area (Å²) in [7, 11) is 0. The van der Waals surface area contributed by atoms with Crippen LogP contribution in [0.5, 0.6) is 0 Å². The number of nitrogens with one attached hydrogen (secondary N) is 1. The van der Waals surface area contributed by atoms with Gasteiger partial charge in [0.1, 0.15) is 11.4 Å². The second kappa shape index (κ2) is 6.80. The van der Waals surface area contributed by atoms with Crippen molar-refractivity contribution in [1.29, 1.82) is 0 Å². The number of thioether (sulfide) groups is 1. The molecule has 1 aromatic heterocycles. The summed E-state index contributed by atoms with van der Waals surface area (Å²) < 4.78 is 0. The fraction of sp³-hybridized carbons (Fsp3) is 0.571. The van der Waals surface area contributed by atoms with Crippen LogP contribution in [0, 0.1) is 0 Å². The number of carboxylic acids is 1. The fourth-order valence-corrected chi connectivity index (χ4v) is 2.79.